The minimum absolute atomic E-state index is 0. The Morgan fingerprint density at radius 2 is 1.38 bits per heavy atom. The van der Waals surface area contributed by atoms with E-state index in [0.29, 0.717) is 41.2 Å². The molecule has 0 radical (unpaired) electrons. The van der Waals surface area contributed by atoms with Gasteiger partial charge in [0.15, 0.2) is 5.60 Å². The molecule has 5 nitrogen and oxygen atoms in total. The van der Waals surface area contributed by atoms with E-state index in [4.69, 9.17) is 27.2 Å². The van der Waals surface area contributed by atoms with E-state index < -0.39 is 37.9 Å². The van der Waals surface area contributed by atoms with Gasteiger partial charge < -0.3 is 25.5 Å². The number of rotatable bonds is 14. The summed E-state index contributed by atoms with van der Waals surface area (Å²) in [4.78, 5) is 0. The average molecular weight is 768 g/mol. The second-order valence-corrected chi connectivity index (χ2v) is 10.2. The number of ether oxygens (including phenoxy) is 4. The van der Waals surface area contributed by atoms with Gasteiger partial charge in [-0.15, -0.1) is 0 Å². The first-order valence-corrected chi connectivity index (χ1v) is 14.7. The Kier molecular flexibility index (Phi) is 29.0. The quantitative estimate of drug-likeness (QED) is 0.0871. The monoisotopic (exact) mass is 765 g/mol. The molecule has 0 saturated heterocycles. The van der Waals surface area contributed by atoms with Gasteiger partial charge >= 0.3 is 29.6 Å². The van der Waals surface area contributed by atoms with Crippen molar-refractivity contribution >= 4 is 43.5 Å². The van der Waals surface area contributed by atoms with Gasteiger partial charge in [0.25, 0.3) is 0 Å². The van der Waals surface area contributed by atoms with Gasteiger partial charge in [0, 0.05) is 35.2 Å². The first-order chi connectivity index (χ1) is 20.0. The molecule has 0 atom stereocenters. The number of aryl methyl sites for hydroxylation is 2. The fraction of sp³-hybridized carbons (Fsp3) is 0.586. The first kappa shape index (κ1) is 44.3. The molecule has 0 saturated carbocycles. The van der Waals surface area contributed by atoms with Crippen LogP contribution in [-0.4, -0.2) is 71.6 Å². The zero-order valence-electron chi connectivity index (χ0n) is 27.3. The molecule has 0 spiro atoms. The van der Waals surface area contributed by atoms with Crippen molar-refractivity contribution in [1.82, 2.24) is 0 Å². The van der Waals surface area contributed by atoms with Crippen molar-refractivity contribution < 1.29 is 74.0 Å². The second-order valence-electron chi connectivity index (χ2n) is 8.29. The third-order valence-electron chi connectivity index (χ3n) is 5.24. The van der Waals surface area contributed by atoms with E-state index in [-0.39, 0.29) is 49.4 Å². The van der Waals surface area contributed by atoms with E-state index in [2.05, 4.69) is 36.6 Å². The Morgan fingerprint density at radius 3 is 1.79 bits per heavy atom. The van der Waals surface area contributed by atoms with Gasteiger partial charge in [-0.3, -0.25) is 0 Å². The molecule has 2 rings (SSSR count). The van der Waals surface area contributed by atoms with Crippen LogP contribution in [0.5, 0.6) is 0 Å². The fourth-order valence-electron chi connectivity index (χ4n) is 2.93. The van der Waals surface area contributed by atoms with E-state index in [1.165, 1.54) is 0 Å². The molecular formula is C29H44Br2ClF4NaO5. The molecule has 0 aliphatic heterocycles. The Labute approximate surface area is 295 Å². The summed E-state index contributed by atoms with van der Waals surface area (Å²) in [5.41, 5.74) is -1.14. The normalized spacial score (nSPS) is 11.0. The number of hydrogen-bond acceptors (Lipinski definition) is 5. The second kappa shape index (κ2) is 27.5. The Balaban J connectivity index is -0.000000274. The predicted molar refractivity (Wildman–Crippen MR) is 166 cm³/mol. The maximum atomic E-state index is 13.3. The average Bonchev–Trinajstić information content (AvgIpc) is 2.99. The van der Waals surface area contributed by atoms with Crippen LogP contribution in [0.25, 0.3) is 0 Å². The summed E-state index contributed by atoms with van der Waals surface area (Å²) < 4.78 is 78.7. The number of benzene rings is 2. The van der Waals surface area contributed by atoms with Gasteiger partial charge in [-0.25, -0.2) is 17.6 Å². The van der Waals surface area contributed by atoms with Crippen molar-refractivity contribution in [3.05, 3.63) is 67.6 Å². The van der Waals surface area contributed by atoms with Crippen LogP contribution in [0.1, 0.15) is 45.8 Å². The smallest absolute Gasteiger partial charge is 1.00 e. The largest absolute Gasteiger partial charge is 1.00 e. The Hall–Kier alpha value is 0.210. The molecular weight excluding hydrogens is 723 g/mol. The van der Waals surface area contributed by atoms with Crippen LogP contribution >= 0.6 is 43.5 Å². The number of methoxy groups -OCH3 is 1. The summed E-state index contributed by atoms with van der Waals surface area (Å²) in [6.45, 7) is 5.08. The summed E-state index contributed by atoms with van der Waals surface area (Å²) in [5.74, 6) is 0. The van der Waals surface area contributed by atoms with Crippen LogP contribution in [-0.2, 0) is 30.1 Å². The molecule has 0 aliphatic rings. The number of aliphatic hydroxyl groups is 1. The topological polar surface area (TPSA) is 57.2 Å². The summed E-state index contributed by atoms with van der Waals surface area (Å²) in [7, 11) is 1.62. The third kappa shape index (κ3) is 17.1. The number of hydrogen-bond donors (Lipinski definition) is 1. The van der Waals surface area contributed by atoms with Gasteiger partial charge in [0.2, 0.25) is 0 Å². The zero-order chi connectivity index (χ0) is 32.6. The zero-order valence-corrected chi connectivity index (χ0v) is 31.2. The standard InChI is InChI=1S/C13H17BrF2O2.C10H11BrF2O.C4H9ClO2.C2H6.Na.H/c1-3-17-9-18-13(7-15,8-16)11-6-10(2)4-5-12(11)14;1-7-2-3-9(11)8(4-7)10(14,5-12)6-13;1-6-2-3-7-4-5;1-2;;/h4-6H,3,7-9H2,1-2H3;2-4,14H,5-6H2,1H3;2-4H2,1H3;1-2H3;;/q;;;;+1;-1/i;;;1D;;. The van der Waals surface area contributed by atoms with E-state index in [0.717, 1.165) is 11.1 Å². The van der Waals surface area contributed by atoms with E-state index >= 15 is 0 Å². The Morgan fingerprint density at radius 1 is 0.905 bits per heavy atom. The van der Waals surface area contributed by atoms with Crippen LogP contribution in [0.4, 0.5) is 17.6 Å². The molecule has 240 valence electrons. The molecule has 0 fully saturated rings. The molecule has 2 aromatic rings. The van der Waals surface area contributed by atoms with Gasteiger partial charge in [0.1, 0.15) is 45.2 Å². The summed E-state index contributed by atoms with van der Waals surface area (Å²) in [6.07, 6.45) is 0. The van der Waals surface area contributed by atoms with Gasteiger partial charge in [-0.2, -0.15) is 0 Å². The van der Waals surface area contributed by atoms with E-state index in [1.54, 1.807) is 58.2 Å². The molecule has 0 amide bonds. The molecule has 0 heterocycles. The van der Waals surface area contributed by atoms with Crippen molar-refractivity contribution in [2.45, 2.75) is 45.8 Å². The van der Waals surface area contributed by atoms with Crippen LogP contribution in [0.3, 0.4) is 0 Å². The van der Waals surface area contributed by atoms with E-state index in [9.17, 15) is 22.7 Å². The molecule has 0 bridgehead atoms. The Bertz CT molecular complexity index is 966. The van der Waals surface area contributed by atoms with Crippen molar-refractivity contribution in [1.29, 1.82) is 0 Å². The van der Waals surface area contributed by atoms with Crippen LogP contribution in [0.2, 0.25) is 0 Å². The van der Waals surface area contributed by atoms with Gasteiger partial charge in [0.05, 0.1) is 13.2 Å². The fourth-order valence-corrected chi connectivity index (χ4v) is 4.27. The van der Waals surface area contributed by atoms with Crippen LogP contribution in [0, 0.1) is 13.8 Å². The molecule has 0 aliphatic carbocycles. The maximum absolute atomic E-state index is 13.3. The molecule has 13 heteroatoms. The van der Waals surface area contributed by atoms with Gasteiger partial charge in [-0.05, 0) is 32.9 Å². The maximum Gasteiger partial charge on any atom is 1.00 e. The number of halogens is 7. The third-order valence-corrected chi connectivity index (χ3v) is 6.78. The minimum Gasteiger partial charge on any atom is -1.00 e. The number of alkyl halides is 5. The summed E-state index contributed by atoms with van der Waals surface area (Å²) in [6, 6.07) is 10.6. The molecule has 1 N–H and O–H groups in total. The summed E-state index contributed by atoms with van der Waals surface area (Å²) in [5, 5.41) is 9.63. The van der Waals surface area contributed by atoms with Crippen molar-refractivity contribution in [3.8, 4) is 0 Å². The summed E-state index contributed by atoms with van der Waals surface area (Å²) >= 11 is 11.6. The molecule has 0 aromatic heterocycles. The molecule has 0 unspecified atom stereocenters. The SMILES string of the molecule is CCOCOC(CF)(CF)c1cc(C)ccc1Br.COCCOCCl.Cc1ccc(Br)c(C(O)(CF)CF)c1.[2H]CC.[H-].[Na+]. The molecule has 2 aromatic carbocycles. The van der Waals surface area contributed by atoms with Crippen molar-refractivity contribution in [3.63, 3.8) is 0 Å². The van der Waals surface area contributed by atoms with Gasteiger partial charge in [-0.1, -0.05) is 92.7 Å². The van der Waals surface area contributed by atoms with E-state index in [1.807, 2.05) is 13.0 Å². The van der Waals surface area contributed by atoms with Crippen LogP contribution in [0.15, 0.2) is 45.3 Å². The van der Waals surface area contributed by atoms with Crippen molar-refractivity contribution in [2.24, 2.45) is 0 Å². The molecule has 42 heavy (non-hydrogen) atoms. The van der Waals surface area contributed by atoms with Crippen molar-refractivity contribution in [2.75, 3.05) is 66.5 Å². The first-order valence-electron chi connectivity index (χ1n) is 13.3. The minimum atomic E-state index is -2.02. The predicted octanol–water partition coefficient (Wildman–Crippen LogP) is 5.77. The van der Waals surface area contributed by atoms with Crippen LogP contribution < -0.4 is 29.6 Å².